The molecule has 0 saturated carbocycles. The molecule has 1 aromatic rings. The summed E-state index contributed by atoms with van der Waals surface area (Å²) >= 11 is 0.0589. The van der Waals surface area contributed by atoms with Crippen molar-refractivity contribution in [3.63, 3.8) is 0 Å². The van der Waals surface area contributed by atoms with Gasteiger partial charge in [-0.15, -0.1) is 0 Å². The van der Waals surface area contributed by atoms with Crippen molar-refractivity contribution in [3.05, 3.63) is 29.8 Å². The molecule has 0 radical (unpaired) electrons. The molecule has 0 saturated heterocycles. The molecule has 0 aliphatic carbocycles. The van der Waals surface area contributed by atoms with Crippen LogP contribution in [0.5, 0.6) is 0 Å². The van der Waals surface area contributed by atoms with Gasteiger partial charge in [0.1, 0.15) is 0 Å². The fourth-order valence-corrected chi connectivity index (χ4v) is 1.57. The zero-order valence-electron chi connectivity index (χ0n) is 9.41. The first kappa shape index (κ1) is 14.9. The first-order valence-corrected chi connectivity index (χ1v) is 7.52. The molecular weight excluding hydrogens is 269 g/mol. The van der Waals surface area contributed by atoms with Gasteiger partial charge in [-0.2, -0.15) is 0 Å². The van der Waals surface area contributed by atoms with Gasteiger partial charge in [0.25, 0.3) is 0 Å². The van der Waals surface area contributed by atoms with Crippen LogP contribution >= 0.6 is 0 Å². The van der Waals surface area contributed by atoms with Crippen LogP contribution in [-0.4, -0.2) is 49.6 Å². The molecule has 0 heterocycles. The Bertz CT molecular complexity index is 579. The third-order valence-electron chi connectivity index (χ3n) is 2.05. The van der Waals surface area contributed by atoms with Gasteiger partial charge in [0.05, 0.1) is 0 Å². The minimum absolute atomic E-state index is 0.0589. The minimum atomic E-state index is -4.25. The Morgan fingerprint density at radius 3 is 2.39 bits per heavy atom. The van der Waals surface area contributed by atoms with Gasteiger partial charge in [0.15, 0.2) is 0 Å². The molecule has 0 aliphatic rings. The summed E-state index contributed by atoms with van der Waals surface area (Å²) in [5.41, 5.74) is 0.857. The van der Waals surface area contributed by atoms with Crippen molar-refractivity contribution in [2.24, 2.45) is 0 Å². The molecule has 1 aromatic carbocycles. The van der Waals surface area contributed by atoms with Gasteiger partial charge >= 0.3 is 122 Å². The molecule has 9 heteroatoms. The summed E-state index contributed by atoms with van der Waals surface area (Å²) in [4.78, 5) is 11.4. The summed E-state index contributed by atoms with van der Waals surface area (Å²) in [7, 11) is -4.25. The summed E-state index contributed by atoms with van der Waals surface area (Å²) in [5, 5.41) is 13.1. The molecule has 1 atom stereocenters. The maximum atomic E-state index is 11.4. The van der Waals surface area contributed by atoms with E-state index < -0.39 is 18.8 Å². The van der Waals surface area contributed by atoms with E-state index in [1.807, 2.05) is 6.07 Å². The molecule has 1 unspecified atom stereocenters. The van der Waals surface area contributed by atoms with Gasteiger partial charge in [-0.25, -0.2) is 0 Å². The Hall–Kier alpha value is -1.11. The van der Waals surface area contributed by atoms with E-state index in [4.69, 9.17) is 9.81 Å². The van der Waals surface area contributed by atoms with Gasteiger partial charge in [0, 0.05) is 0 Å². The SMILES string of the molecule is N#Cc1ccc(NC(=O)N[CH]([Na])S(=O)(=O)O)cc1. The molecule has 0 bridgehead atoms. The number of carbonyl (C=O) groups excluding carboxylic acids is 1. The number of benzene rings is 1. The zero-order valence-corrected chi connectivity index (χ0v) is 12.2. The van der Waals surface area contributed by atoms with E-state index in [0.29, 0.717) is 11.3 Å². The molecule has 1 rings (SSSR count). The van der Waals surface area contributed by atoms with Crippen LogP contribution in [0.3, 0.4) is 0 Å². The first-order chi connectivity index (χ1) is 8.32. The monoisotopic (exact) mass is 277 g/mol. The van der Waals surface area contributed by atoms with Crippen LogP contribution in [0.2, 0.25) is 0 Å². The number of nitrogens with zero attached hydrogens (tertiary/aromatic N) is 1. The predicted molar refractivity (Wildman–Crippen MR) is 64.4 cm³/mol. The normalized spacial score (nSPS) is 12.3. The number of urea groups is 1. The van der Waals surface area contributed by atoms with E-state index >= 15 is 0 Å². The Kier molecular flexibility index (Phi) is 5.13. The van der Waals surface area contributed by atoms with Crippen LogP contribution in [0, 0.1) is 11.3 Å². The van der Waals surface area contributed by atoms with Crippen LogP contribution in [-0.2, 0) is 10.1 Å². The van der Waals surface area contributed by atoms with Gasteiger partial charge in [-0.3, -0.25) is 0 Å². The van der Waals surface area contributed by atoms with Crippen molar-refractivity contribution >= 4 is 49.8 Å². The van der Waals surface area contributed by atoms with Gasteiger partial charge in [-0.05, 0) is 0 Å². The summed E-state index contributed by atoms with van der Waals surface area (Å²) in [6.45, 7) is 0. The Labute approximate surface area is 121 Å². The van der Waals surface area contributed by atoms with E-state index in [0.717, 1.165) is 0 Å². The summed E-state index contributed by atoms with van der Waals surface area (Å²) in [5.74, 6) is 0. The molecular formula is C9H8N3NaO4S. The van der Waals surface area contributed by atoms with Crippen molar-refractivity contribution in [2.45, 2.75) is 2.62 Å². The zero-order chi connectivity index (χ0) is 13.8. The fourth-order valence-electron chi connectivity index (χ4n) is 1.05. The number of hydrogen-bond acceptors (Lipinski definition) is 4. The first-order valence-electron chi connectivity index (χ1n) is 4.87. The molecule has 3 N–H and O–H groups in total. The molecule has 0 spiro atoms. The number of nitriles is 1. The number of carbonyl (C=O) groups is 1. The second-order valence-corrected chi connectivity index (χ2v) is 7.17. The van der Waals surface area contributed by atoms with Crippen molar-refractivity contribution in [2.75, 3.05) is 5.32 Å². The maximum absolute atomic E-state index is 11.4. The van der Waals surface area contributed by atoms with Crippen molar-refractivity contribution in [3.8, 4) is 6.07 Å². The molecule has 18 heavy (non-hydrogen) atoms. The van der Waals surface area contributed by atoms with Crippen molar-refractivity contribution in [1.82, 2.24) is 5.32 Å². The summed E-state index contributed by atoms with van der Waals surface area (Å²) in [6.07, 6.45) is 0. The van der Waals surface area contributed by atoms with E-state index in [-0.39, 0.29) is 27.9 Å². The summed E-state index contributed by atoms with van der Waals surface area (Å²) in [6, 6.07) is 7.22. The summed E-state index contributed by atoms with van der Waals surface area (Å²) < 4.78 is 28.9. The molecule has 0 aliphatic heterocycles. The molecule has 7 nitrogen and oxygen atoms in total. The van der Waals surface area contributed by atoms with Gasteiger partial charge in [-0.1, -0.05) is 0 Å². The second-order valence-electron chi connectivity index (χ2n) is 3.44. The predicted octanol–water partition coefficient (Wildman–Crippen LogP) is 0.0197. The van der Waals surface area contributed by atoms with E-state index in [9.17, 15) is 13.2 Å². The van der Waals surface area contributed by atoms with Gasteiger partial charge in [0.2, 0.25) is 0 Å². The number of amides is 2. The number of nitrogens with one attached hydrogen (secondary N) is 2. The van der Waals surface area contributed by atoms with Crippen LogP contribution < -0.4 is 10.6 Å². The Morgan fingerprint density at radius 2 is 1.94 bits per heavy atom. The third-order valence-corrected chi connectivity index (χ3v) is 5.14. The molecule has 0 fully saturated rings. The number of hydrogen-bond donors (Lipinski definition) is 3. The topological polar surface area (TPSA) is 119 Å². The molecule has 0 aromatic heterocycles. The average Bonchev–Trinajstić information content (AvgIpc) is 2.28. The van der Waals surface area contributed by atoms with Crippen LogP contribution in [0.15, 0.2) is 24.3 Å². The Morgan fingerprint density at radius 1 is 1.39 bits per heavy atom. The Balaban J connectivity index is 2.63. The second kappa shape index (κ2) is 6.17. The van der Waals surface area contributed by atoms with Gasteiger partial charge < -0.3 is 0 Å². The van der Waals surface area contributed by atoms with Crippen LogP contribution in [0.25, 0.3) is 0 Å². The third kappa shape index (κ3) is 4.64. The number of anilines is 1. The average molecular weight is 277 g/mol. The fraction of sp³-hybridized carbons (Fsp3) is 0.111. The van der Waals surface area contributed by atoms with Crippen molar-refractivity contribution < 1.29 is 17.8 Å². The van der Waals surface area contributed by atoms with E-state index in [1.54, 1.807) is 0 Å². The molecule has 90 valence electrons. The van der Waals surface area contributed by atoms with Crippen LogP contribution in [0.1, 0.15) is 5.56 Å². The number of rotatable bonds is 3. The van der Waals surface area contributed by atoms with Crippen LogP contribution in [0.4, 0.5) is 10.5 Å². The quantitative estimate of drug-likeness (QED) is 0.531. The van der Waals surface area contributed by atoms with E-state index in [1.165, 1.54) is 24.3 Å². The van der Waals surface area contributed by atoms with Crippen molar-refractivity contribution in [1.29, 1.82) is 5.26 Å². The van der Waals surface area contributed by atoms with E-state index in [2.05, 4.69) is 10.6 Å². The standard InChI is InChI=1S/C9H8N3O4S.Na/c10-5-7-1-3-8(4-2-7)12-9(13)11-6-17(14,15)16;/h1-4,6H,(H2,11,12,13)(H,14,15,16);. The molecule has 2 amide bonds.